The predicted molar refractivity (Wildman–Crippen MR) is 133 cm³/mol. The Labute approximate surface area is 202 Å². The molecule has 1 heterocycles. The maximum Gasteiger partial charge on any atom is 0.282 e. The second kappa shape index (κ2) is 9.53. The summed E-state index contributed by atoms with van der Waals surface area (Å²) in [5.41, 5.74) is 3.58. The van der Waals surface area contributed by atoms with Crippen LogP contribution in [0.1, 0.15) is 23.6 Å². The third-order valence-electron chi connectivity index (χ3n) is 5.45. The van der Waals surface area contributed by atoms with Crippen LogP contribution < -0.4 is 20.3 Å². The molecule has 0 saturated carbocycles. The highest BCUT2D eigenvalue weighted by Crippen LogP contribution is 2.36. The van der Waals surface area contributed by atoms with E-state index < -0.39 is 11.8 Å². The molecular weight excluding hydrogens is 444 g/mol. The number of carbonyl (C=O) groups is 3. The van der Waals surface area contributed by atoms with Gasteiger partial charge in [-0.1, -0.05) is 18.2 Å². The molecule has 0 aliphatic carbocycles. The van der Waals surface area contributed by atoms with Crippen molar-refractivity contribution in [2.75, 3.05) is 22.6 Å². The summed E-state index contributed by atoms with van der Waals surface area (Å²) < 4.78 is 5.44. The molecule has 0 aromatic heterocycles. The SMILES string of the molecule is COc1ccc(C)cc1NC1=C(c2ccc(NC(C)=O)cc2)C(=O)N(c2ccc(C#N)cc2)C1=O. The van der Waals surface area contributed by atoms with Crippen LogP contribution in [0.3, 0.4) is 0 Å². The molecule has 0 bridgehead atoms. The van der Waals surface area contributed by atoms with Crippen molar-refractivity contribution < 1.29 is 19.1 Å². The number of imide groups is 1. The van der Waals surface area contributed by atoms with Gasteiger partial charge in [0.15, 0.2) is 0 Å². The number of carbonyl (C=O) groups excluding carboxylic acids is 3. The van der Waals surface area contributed by atoms with E-state index in [1.54, 1.807) is 54.6 Å². The topological polar surface area (TPSA) is 112 Å². The summed E-state index contributed by atoms with van der Waals surface area (Å²) in [6.45, 7) is 3.31. The van der Waals surface area contributed by atoms with Crippen molar-refractivity contribution >= 4 is 40.4 Å². The first-order chi connectivity index (χ1) is 16.8. The number of ether oxygens (including phenoxy) is 1. The molecule has 0 radical (unpaired) electrons. The van der Waals surface area contributed by atoms with Gasteiger partial charge in [-0.25, -0.2) is 4.90 Å². The van der Waals surface area contributed by atoms with Gasteiger partial charge in [-0.05, 0) is 66.6 Å². The van der Waals surface area contributed by atoms with E-state index in [0.717, 1.165) is 10.5 Å². The minimum absolute atomic E-state index is 0.0931. The number of rotatable bonds is 6. The minimum Gasteiger partial charge on any atom is -0.495 e. The zero-order valence-electron chi connectivity index (χ0n) is 19.4. The maximum atomic E-state index is 13.6. The van der Waals surface area contributed by atoms with Crippen LogP contribution >= 0.6 is 0 Å². The van der Waals surface area contributed by atoms with Crippen LogP contribution in [-0.4, -0.2) is 24.8 Å². The first-order valence-electron chi connectivity index (χ1n) is 10.7. The van der Waals surface area contributed by atoms with Crippen LogP contribution in [0, 0.1) is 18.3 Å². The summed E-state index contributed by atoms with van der Waals surface area (Å²) in [5.74, 6) is -0.754. The number of hydrogen-bond donors (Lipinski definition) is 2. The molecule has 8 nitrogen and oxygen atoms in total. The summed E-state index contributed by atoms with van der Waals surface area (Å²) in [4.78, 5) is 39.6. The standard InChI is InChI=1S/C27H22N4O4/c1-16-4-13-23(35-3)22(14-16)30-25-24(19-7-9-20(10-8-19)29-17(2)32)26(33)31(27(25)34)21-11-5-18(15-28)6-12-21/h4-14,30H,1-3H3,(H,29,32). The summed E-state index contributed by atoms with van der Waals surface area (Å²) >= 11 is 0. The molecule has 35 heavy (non-hydrogen) atoms. The van der Waals surface area contributed by atoms with E-state index in [4.69, 9.17) is 10.00 Å². The normalized spacial score (nSPS) is 13.0. The predicted octanol–water partition coefficient (Wildman–Crippen LogP) is 4.23. The van der Waals surface area contributed by atoms with Gasteiger partial charge in [-0.2, -0.15) is 5.26 Å². The maximum absolute atomic E-state index is 13.6. The van der Waals surface area contributed by atoms with Gasteiger partial charge in [0.1, 0.15) is 11.4 Å². The van der Waals surface area contributed by atoms with Gasteiger partial charge < -0.3 is 15.4 Å². The molecule has 3 amide bonds. The Balaban J connectivity index is 1.81. The number of nitrogens with zero attached hydrogens (tertiary/aromatic N) is 2. The van der Waals surface area contributed by atoms with Gasteiger partial charge in [0.2, 0.25) is 5.91 Å². The van der Waals surface area contributed by atoms with E-state index in [-0.39, 0.29) is 17.2 Å². The average Bonchev–Trinajstić information content (AvgIpc) is 3.08. The first-order valence-corrected chi connectivity index (χ1v) is 10.7. The van der Waals surface area contributed by atoms with Crippen LogP contribution in [0.25, 0.3) is 5.57 Å². The second-order valence-electron chi connectivity index (χ2n) is 7.94. The zero-order valence-corrected chi connectivity index (χ0v) is 19.4. The highest BCUT2D eigenvalue weighted by Gasteiger charge is 2.40. The molecule has 174 valence electrons. The van der Waals surface area contributed by atoms with Crippen molar-refractivity contribution in [2.24, 2.45) is 0 Å². The Kier molecular flexibility index (Phi) is 6.34. The second-order valence-corrected chi connectivity index (χ2v) is 7.94. The van der Waals surface area contributed by atoms with Gasteiger partial charge in [0.05, 0.1) is 35.7 Å². The molecule has 0 atom stereocenters. The van der Waals surface area contributed by atoms with Crippen LogP contribution in [0.2, 0.25) is 0 Å². The largest absolute Gasteiger partial charge is 0.495 e. The number of aryl methyl sites for hydroxylation is 1. The Morgan fingerprint density at radius 1 is 0.971 bits per heavy atom. The summed E-state index contributed by atoms with van der Waals surface area (Å²) in [7, 11) is 1.52. The fourth-order valence-corrected chi connectivity index (χ4v) is 3.81. The smallest absolute Gasteiger partial charge is 0.282 e. The van der Waals surface area contributed by atoms with Crippen molar-refractivity contribution in [1.29, 1.82) is 5.26 Å². The molecule has 8 heteroatoms. The number of hydrogen-bond acceptors (Lipinski definition) is 6. The molecular formula is C27H22N4O4. The Morgan fingerprint density at radius 2 is 1.66 bits per heavy atom. The Bertz CT molecular complexity index is 1400. The first kappa shape index (κ1) is 23.3. The van der Waals surface area contributed by atoms with Gasteiger partial charge in [0, 0.05) is 12.6 Å². The third kappa shape index (κ3) is 4.61. The van der Waals surface area contributed by atoms with Crippen molar-refractivity contribution in [3.8, 4) is 11.8 Å². The average molecular weight is 466 g/mol. The van der Waals surface area contributed by atoms with E-state index in [1.807, 2.05) is 25.1 Å². The highest BCUT2D eigenvalue weighted by atomic mass is 16.5. The molecule has 0 fully saturated rings. The van der Waals surface area contributed by atoms with Gasteiger partial charge in [-0.15, -0.1) is 0 Å². The summed E-state index contributed by atoms with van der Waals surface area (Å²) in [6, 6.07) is 20.4. The van der Waals surface area contributed by atoms with Crippen molar-refractivity contribution in [1.82, 2.24) is 0 Å². The molecule has 2 N–H and O–H groups in total. The van der Waals surface area contributed by atoms with Gasteiger partial charge in [0.25, 0.3) is 11.8 Å². The molecule has 1 aliphatic rings. The monoisotopic (exact) mass is 466 g/mol. The highest BCUT2D eigenvalue weighted by molar-refractivity contribution is 6.46. The molecule has 1 aliphatic heterocycles. The molecule has 3 aromatic rings. The van der Waals surface area contributed by atoms with Crippen LogP contribution in [0.5, 0.6) is 5.75 Å². The number of methoxy groups -OCH3 is 1. The fraction of sp³-hybridized carbons (Fsp3) is 0.111. The number of nitrogens with one attached hydrogen (secondary N) is 2. The van der Waals surface area contributed by atoms with Crippen molar-refractivity contribution in [3.63, 3.8) is 0 Å². The quantitative estimate of drug-likeness (QED) is 0.526. The van der Waals surface area contributed by atoms with E-state index in [9.17, 15) is 14.4 Å². The lowest BCUT2D eigenvalue weighted by molar-refractivity contribution is -0.120. The molecule has 4 rings (SSSR count). The molecule has 0 spiro atoms. The number of benzene rings is 3. The minimum atomic E-state index is -0.538. The molecule has 0 saturated heterocycles. The molecule has 3 aromatic carbocycles. The summed E-state index contributed by atoms with van der Waals surface area (Å²) in [6.07, 6.45) is 0. The van der Waals surface area contributed by atoms with E-state index in [2.05, 4.69) is 10.6 Å². The number of anilines is 3. The third-order valence-corrected chi connectivity index (χ3v) is 5.45. The van der Waals surface area contributed by atoms with E-state index in [0.29, 0.717) is 33.9 Å². The van der Waals surface area contributed by atoms with Crippen LogP contribution in [-0.2, 0) is 14.4 Å². The fourth-order valence-electron chi connectivity index (χ4n) is 3.81. The number of nitriles is 1. The van der Waals surface area contributed by atoms with Crippen molar-refractivity contribution in [3.05, 3.63) is 89.1 Å². The molecule has 0 unspecified atom stereocenters. The van der Waals surface area contributed by atoms with Gasteiger partial charge in [-0.3, -0.25) is 14.4 Å². The lowest BCUT2D eigenvalue weighted by Crippen LogP contribution is -2.32. The van der Waals surface area contributed by atoms with E-state index in [1.165, 1.54) is 14.0 Å². The lowest BCUT2D eigenvalue weighted by atomic mass is 10.0. The zero-order chi connectivity index (χ0) is 25.1. The van der Waals surface area contributed by atoms with Crippen LogP contribution in [0.15, 0.2) is 72.4 Å². The lowest BCUT2D eigenvalue weighted by Gasteiger charge is -2.16. The summed E-state index contributed by atoms with van der Waals surface area (Å²) in [5, 5.41) is 14.9. The van der Waals surface area contributed by atoms with Gasteiger partial charge >= 0.3 is 0 Å². The van der Waals surface area contributed by atoms with Crippen molar-refractivity contribution in [2.45, 2.75) is 13.8 Å². The Morgan fingerprint density at radius 3 is 2.26 bits per heavy atom. The number of amides is 3. The Hall–Kier alpha value is -4.90. The van der Waals surface area contributed by atoms with Crippen LogP contribution in [0.4, 0.5) is 17.1 Å². The van der Waals surface area contributed by atoms with E-state index >= 15 is 0 Å².